The molecule has 306 valence electrons. The van der Waals surface area contributed by atoms with Gasteiger partial charge in [-0.3, -0.25) is 29.2 Å². The number of hydrogen-bond acceptors (Lipinski definition) is 9. The summed E-state index contributed by atoms with van der Waals surface area (Å²) in [5.41, 5.74) is 5.43. The van der Waals surface area contributed by atoms with Gasteiger partial charge in [0.15, 0.2) is 11.4 Å². The second-order valence-corrected chi connectivity index (χ2v) is 17.2. The molecule has 4 amide bonds. The Morgan fingerprint density at radius 3 is 2.56 bits per heavy atom. The Morgan fingerprint density at radius 1 is 0.983 bits per heavy atom. The molecular weight excluding hydrogens is 770 g/mol. The highest BCUT2D eigenvalue weighted by atomic mass is 35.5. The predicted octanol–water partition coefficient (Wildman–Crippen LogP) is 6.39. The van der Waals surface area contributed by atoms with Crippen molar-refractivity contribution in [1.29, 1.82) is 0 Å². The van der Waals surface area contributed by atoms with Crippen molar-refractivity contribution < 1.29 is 23.9 Å². The number of carbonyl (C=O) groups excluding carboxylic acids is 4. The van der Waals surface area contributed by atoms with E-state index in [4.69, 9.17) is 16.3 Å². The Hall–Kier alpha value is -5.76. The molecule has 2 N–H and O–H groups in total. The lowest BCUT2D eigenvalue weighted by atomic mass is 9.79. The number of amides is 4. The molecule has 4 aliphatic rings. The van der Waals surface area contributed by atoms with Gasteiger partial charge in [0.2, 0.25) is 17.7 Å². The molecule has 2 unspecified atom stereocenters. The van der Waals surface area contributed by atoms with Gasteiger partial charge in [0, 0.05) is 82.0 Å². The van der Waals surface area contributed by atoms with E-state index in [1.54, 1.807) is 28.9 Å². The highest BCUT2D eigenvalue weighted by Crippen LogP contribution is 2.42. The molecule has 3 aromatic heterocycles. The monoisotopic (exact) mass is 817 g/mol. The van der Waals surface area contributed by atoms with Gasteiger partial charge in [0.1, 0.15) is 22.1 Å². The summed E-state index contributed by atoms with van der Waals surface area (Å²) in [6, 6.07) is 15.3. The standard InChI is InChI=1S/C44H48ClN9O5/c1-27-34(24-51(2)50-27)40-48-38-39(35(45)22-46-41(38)49-40)59-32-11-7-30(8-12-32)43(58)52-20-16-28(23-52)4-15-37(56)54-19-3-17-44(26-54)18-21-53(25-44)31-9-5-29(6-10-31)33-13-14-36(55)47-42(33)57/h5-12,22,24,28,33H,3-4,13-21,23,25-26H2,1-2H3,(H,46,48,49)(H,47,55,57)/t28?,33-,44?/m0/s1. The molecule has 59 heavy (non-hydrogen) atoms. The van der Waals surface area contributed by atoms with Crippen molar-refractivity contribution in [2.24, 2.45) is 18.4 Å². The summed E-state index contributed by atoms with van der Waals surface area (Å²) in [6.45, 7) is 6.62. The number of H-pyrrole nitrogens is 1. The van der Waals surface area contributed by atoms with E-state index in [0.717, 1.165) is 80.8 Å². The summed E-state index contributed by atoms with van der Waals surface area (Å²) in [5.74, 6) is 1.28. The molecule has 1 spiro atoms. The van der Waals surface area contributed by atoms with Crippen LogP contribution in [0.1, 0.15) is 78.9 Å². The first-order valence-corrected chi connectivity index (χ1v) is 21.0. The number of imidazole rings is 1. The summed E-state index contributed by atoms with van der Waals surface area (Å²) in [4.78, 5) is 69.8. The molecule has 0 radical (unpaired) electrons. The average molecular weight is 818 g/mol. The second kappa shape index (κ2) is 15.8. The van der Waals surface area contributed by atoms with Crippen molar-refractivity contribution in [3.05, 3.63) is 82.8 Å². The minimum absolute atomic E-state index is 0.0332. The predicted molar refractivity (Wildman–Crippen MR) is 222 cm³/mol. The Bertz CT molecular complexity index is 2430. The zero-order chi connectivity index (χ0) is 40.8. The third-order valence-electron chi connectivity index (χ3n) is 12.7. The number of aryl methyl sites for hydroxylation is 2. The van der Waals surface area contributed by atoms with Gasteiger partial charge in [-0.15, -0.1) is 0 Å². The smallest absolute Gasteiger partial charge is 0.253 e. The average Bonchev–Trinajstić information content (AvgIpc) is 4.05. The number of aromatic amines is 1. The molecule has 4 aliphatic heterocycles. The van der Waals surface area contributed by atoms with Gasteiger partial charge in [-0.25, -0.2) is 9.97 Å². The molecule has 0 bridgehead atoms. The number of halogens is 1. The van der Waals surface area contributed by atoms with Crippen LogP contribution in [0.2, 0.25) is 5.02 Å². The largest absolute Gasteiger partial charge is 0.453 e. The first kappa shape index (κ1) is 38.7. The summed E-state index contributed by atoms with van der Waals surface area (Å²) in [6.07, 6.45) is 9.59. The fraction of sp³-hybridized carbons (Fsp3) is 0.432. The summed E-state index contributed by atoms with van der Waals surface area (Å²) >= 11 is 6.55. The minimum atomic E-state index is -0.288. The molecule has 0 saturated carbocycles. The van der Waals surface area contributed by atoms with Crippen LogP contribution in [0.25, 0.3) is 22.6 Å². The van der Waals surface area contributed by atoms with Crippen molar-refractivity contribution in [3.63, 3.8) is 0 Å². The molecular formula is C44H48ClN9O5. The van der Waals surface area contributed by atoms with E-state index in [-0.39, 0.29) is 40.9 Å². The molecule has 7 heterocycles. The number of ether oxygens (including phenoxy) is 1. The van der Waals surface area contributed by atoms with Crippen LogP contribution in [0.15, 0.2) is 60.9 Å². The van der Waals surface area contributed by atoms with Gasteiger partial charge < -0.3 is 24.4 Å². The Kier molecular flexibility index (Phi) is 10.4. The zero-order valence-electron chi connectivity index (χ0n) is 33.4. The number of hydrogen-bond donors (Lipinski definition) is 2. The number of nitrogens with one attached hydrogen (secondary N) is 2. The number of pyridine rings is 1. The number of piperidine rings is 2. The van der Waals surface area contributed by atoms with Crippen LogP contribution in [0.5, 0.6) is 11.5 Å². The van der Waals surface area contributed by atoms with Crippen molar-refractivity contribution in [2.45, 2.75) is 64.2 Å². The summed E-state index contributed by atoms with van der Waals surface area (Å²) in [7, 11) is 1.86. The molecule has 4 fully saturated rings. The lowest BCUT2D eigenvalue weighted by Crippen LogP contribution is -2.47. The first-order valence-electron chi connectivity index (χ1n) is 20.6. The third kappa shape index (κ3) is 7.89. The van der Waals surface area contributed by atoms with Gasteiger partial charge in [-0.1, -0.05) is 23.7 Å². The molecule has 4 saturated heterocycles. The van der Waals surface area contributed by atoms with Crippen molar-refractivity contribution in [2.75, 3.05) is 44.2 Å². The van der Waals surface area contributed by atoms with Crippen LogP contribution < -0.4 is 15.0 Å². The van der Waals surface area contributed by atoms with Crippen molar-refractivity contribution in [1.82, 2.24) is 39.8 Å². The lowest BCUT2D eigenvalue weighted by molar-refractivity contribution is -0.135. The molecule has 5 aromatic rings. The molecule has 9 rings (SSSR count). The number of carbonyl (C=O) groups is 4. The van der Waals surface area contributed by atoms with E-state index in [9.17, 15) is 19.2 Å². The van der Waals surface area contributed by atoms with E-state index >= 15 is 0 Å². The Morgan fingerprint density at radius 2 is 1.80 bits per heavy atom. The number of rotatable bonds is 9. The quantitative estimate of drug-likeness (QED) is 0.161. The van der Waals surface area contributed by atoms with Crippen LogP contribution >= 0.6 is 11.6 Å². The van der Waals surface area contributed by atoms with Crippen LogP contribution in [-0.4, -0.2) is 97.4 Å². The van der Waals surface area contributed by atoms with E-state index in [0.29, 0.717) is 71.4 Å². The lowest BCUT2D eigenvalue weighted by Gasteiger charge is -2.40. The highest BCUT2D eigenvalue weighted by Gasteiger charge is 2.43. The number of likely N-dealkylation sites (tertiary alicyclic amines) is 2. The highest BCUT2D eigenvalue weighted by molar-refractivity contribution is 6.32. The van der Waals surface area contributed by atoms with Gasteiger partial charge >= 0.3 is 0 Å². The molecule has 2 aromatic carbocycles. The molecule has 14 nitrogen and oxygen atoms in total. The number of imide groups is 1. The maximum absolute atomic E-state index is 13.6. The number of aromatic nitrogens is 5. The number of nitrogens with zero attached hydrogens (tertiary/aromatic N) is 7. The van der Waals surface area contributed by atoms with Crippen LogP contribution in [-0.2, 0) is 21.4 Å². The third-order valence-corrected chi connectivity index (χ3v) is 13.0. The number of anilines is 1. The van der Waals surface area contributed by atoms with Crippen LogP contribution in [0, 0.1) is 18.3 Å². The van der Waals surface area contributed by atoms with Crippen molar-refractivity contribution >= 4 is 52.1 Å². The SMILES string of the molecule is Cc1nn(C)cc1-c1nc2ncc(Cl)c(Oc3ccc(C(=O)N4CCC(CCC(=O)N5CCCC6(CCN(c7ccc([C@@H]8CCC(=O)NC8=O)cc7)C6)C5)C4)cc3)c2[nH]1. The summed E-state index contributed by atoms with van der Waals surface area (Å²) in [5, 5.41) is 7.19. The normalized spacial score (nSPS) is 22.1. The molecule has 3 atom stereocenters. The fourth-order valence-electron chi connectivity index (χ4n) is 9.51. The Labute approximate surface area is 347 Å². The maximum atomic E-state index is 13.6. The first-order chi connectivity index (χ1) is 28.5. The molecule has 0 aliphatic carbocycles. The maximum Gasteiger partial charge on any atom is 0.253 e. The zero-order valence-corrected chi connectivity index (χ0v) is 34.1. The fourth-order valence-corrected chi connectivity index (χ4v) is 9.70. The van der Waals surface area contributed by atoms with Crippen LogP contribution in [0.4, 0.5) is 5.69 Å². The minimum Gasteiger partial charge on any atom is -0.453 e. The van der Waals surface area contributed by atoms with Gasteiger partial charge in [0.05, 0.1) is 23.4 Å². The van der Waals surface area contributed by atoms with E-state index < -0.39 is 0 Å². The van der Waals surface area contributed by atoms with Crippen LogP contribution in [0.3, 0.4) is 0 Å². The topological polar surface area (TPSA) is 159 Å². The second-order valence-electron chi connectivity index (χ2n) is 16.8. The van der Waals surface area contributed by atoms with Crippen molar-refractivity contribution in [3.8, 4) is 22.9 Å². The Balaban J connectivity index is 0.757. The van der Waals surface area contributed by atoms with Gasteiger partial charge in [-0.2, -0.15) is 5.10 Å². The van der Waals surface area contributed by atoms with E-state index in [1.165, 1.54) is 6.20 Å². The van der Waals surface area contributed by atoms with E-state index in [1.807, 2.05) is 37.2 Å². The van der Waals surface area contributed by atoms with Gasteiger partial charge in [-0.05, 0) is 93.3 Å². The number of fused-ring (bicyclic) bond motifs is 1. The van der Waals surface area contributed by atoms with E-state index in [2.05, 4.69) is 47.3 Å². The van der Waals surface area contributed by atoms with Gasteiger partial charge in [0.25, 0.3) is 5.91 Å². The molecule has 15 heteroatoms. The summed E-state index contributed by atoms with van der Waals surface area (Å²) < 4.78 is 7.96. The number of benzene rings is 2.